The molecule has 0 atom stereocenters. The zero-order valence-corrected chi connectivity index (χ0v) is 13.4. The van der Waals surface area contributed by atoms with Gasteiger partial charge >= 0.3 is 0 Å². The van der Waals surface area contributed by atoms with E-state index < -0.39 is 0 Å². The quantitative estimate of drug-likeness (QED) is 0.669. The van der Waals surface area contributed by atoms with E-state index >= 15 is 0 Å². The van der Waals surface area contributed by atoms with Crippen molar-refractivity contribution in [2.75, 3.05) is 13.2 Å². The van der Waals surface area contributed by atoms with Crippen LogP contribution in [0, 0.1) is 0 Å². The van der Waals surface area contributed by atoms with E-state index in [9.17, 15) is 0 Å². The van der Waals surface area contributed by atoms with Gasteiger partial charge in [0.15, 0.2) is 0 Å². The van der Waals surface area contributed by atoms with Crippen LogP contribution < -0.4 is 10.1 Å². The number of nitrogens with one attached hydrogen (secondary N) is 1. The maximum atomic E-state index is 8.90. The summed E-state index contributed by atoms with van der Waals surface area (Å²) >= 11 is 0. The second kappa shape index (κ2) is 8.29. The van der Waals surface area contributed by atoms with Crippen molar-refractivity contribution in [2.45, 2.75) is 13.1 Å². The van der Waals surface area contributed by atoms with Gasteiger partial charge in [-0.25, -0.2) is 4.68 Å². The Morgan fingerprint density at radius 3 is 2.79 bits per heavy atom. The number of para-hydroxylation sites is 1. The lowest BCUT2D eigenvalue weighted by molar-refractivity contribution is 0.200. The maximum Gasteiger partial charge on any atom is 0.123 e. The lowest BCUT2D eigenvalue weighted by Crippen LogP contribution is -2.14. The largest absolute Gasteiger partial charge is 0.491 e. The molecule has 3 rings (SSSR count). The van der Waals surface area contributed by atoms with Crippen molar-refractivity contribution in [3.8, 4) is 11.4 Å². The van der Waals surface area contributed by atoms with Gasteiger partial charge in [-0.1, -0.05) is 30.3 Å². The van der Waals surface area contributed by atoms with E-state index in [0.29, 0.717) is 13.2 Å². The van der Waals surface area contributed by atoms with Gasteiger partial charge in [0, 0.05) is 31.0 Å². The molecule has 2 N–H and O–H groups in total. The van der Waals surface area contributed by atoms with Crippen LogP contribution in [0.2, 0.25) is 0 Å². The third-order valence-corrected chi connectivity index (χ3v) is 3.65. The normalized spacial score (nSPS) is 10.7. The van der Waals surface area contributed by atoms with Crippen molar-refractivity contribution in [3.63, 3.8) is 0 Å². The van der Waals surface area contributed by atoms with Gasteiger partial charge in [-0.3, -0.25) is 0 Å². The number of benzene rings is 2. The zero-order valence-electron chi connectivity index (χ0n) is 13.4. The van der Waals surface area contributed by atoms with Crippen molar-refractivity contribution in [1.82, 2.24) is 15.1 Å². The van der Waals surface area contributed by atoms with Crippen LogP contribution in [0.1, 0.15) is 11.1 Å². The molecule has 1 aromatic heterocycles. The van der Waals surface area contributed by atoms with Gasteiger partial charge in [-0.05, 0) is 29.8 Å². The highest BCUT2D eigenvalue weighted by Crippen LogP contribution is 2.18. The van der Waals surface area contributed by atoms with Gasteiger partial charge in [-0.2, -0.15) is 5.10 Å². The zero-order chi connectivity index (χ0) is 16.6. The number of rotatable bonds is 8. The van der Waals surface area contributed by atoms with Crippen molar-refractivity contribution in [3.05, 3.63) is 78.1 Å². The monoisotopic (exact) mass is 323 g/mol. The molecule has 0 saturated heterocycles. The average molecular weight is 323 g/mol. The number of ether oxygens (including phenoxy) is 1. The Labute approximate surface area is 141 Å². The Balaban J connectivity index is 1.60. The molecule has 0 saturated carbocycles. The first-order valence-electron chi connectivity index (χ1n) is 7.98. The fraction of sp³-hybridized carbons (Fsp3) is 0.211. The first-order valence-corrected chi connectivity index (χ1v) is 7.98. The Bertz CT molecular complexity index is 757. The Morgan fingerprint density at radius 1 is 1.04 bits per heavy atom. The first kappa shape index (κ1) is 16.2. The summed E-state index contributed by atoms with van der Waals surface area (Å²) in [4.78, 5) is 0. The number of hydrogen-bond acceptors (Lipinski definition) is 4. The standard InChI is InChI=1S/C19H21N3O2/c23-11-12-24-19-8-2-1-6-17(19)15-20-14-16-5-3-7-18(13-16)22-10-4-9-21-22/h1-10,13,20,23H,11-12,14-15H2. The van der Waals surface area contributed by atoms with Crippen molar-refractivity contribution >= 4 is 0 Å². The summed E-state index contributed by atoms with van der Waals surface area (Å²) in [5.74, 6) is 0.810. The van der Waals surface area contributed by atoms with Crippen molar-refractivity contribution < 1.29 is 9.84 Å². The molecular weight excluding hydrogens is 302 g/mol. The van der Waals surface area contributed by atoms with Crippen molar-refractivity contribution in [2.24, 2.45) is 0 Å². The summed E-state index contributed by atoms with van der Waals surface area (Å²) in [5, 5.41) is 16.6. The minimum atomic E-state index is 0.0159. The lowest BCUT2D eigenvalue weighted by Gasteiger charge is -2.12. The highest BCUT2D eigenvalue weighted by atomic mass is 16.5. The van der Waals surface area contributed by atoms with E-state index in [-0.39, 0.29) is 6.61 Å². The molecule has 24 heavy (non-hydrogen) atoms. The van der Waals surface area contributed by atoms with Gasteiger partial charge in [0.25, 0.3) is 0 Å². The van der Waals surface area contributed by atoms with E-state index in [2.05, 4.69) is 22.5 Å². The van der Waals surface area contributed by atoms with Crippen LogP contribution in [0.25, 0.3) is 5.69 Å². The number of aromatic nitrogens is 2. The summed E-state index contributed by atoms with van der Waals surface area (Å²) in [6.07, 6.45) is 3.70. The van der Waals surface area contributed by atoms with E-state index in [1.807, 2.05) is 53.3 Å². The number of hydrogen-bond donors (Lipinski definition) is 2. The molecule has 3 aromatic rings. The van der Waals surface area contributed by atoms with Gasteiger partial charge in [0.1, 0.15) is 12.4 Å². The fourth-order valence-electron chi connectivity index (χ4n) is 2.52. The highest BCUT2D eigenvalue weighted by molar-refractivity contribution is 5.35. The number of nitrogens with zero attached hydrogens (tertiary/aromatic N) is 2. The summed E-state index contributed by atoms with van der Waals surface area (Å²) < 4.78 is 7.40. The van der Waals surface area contributed by atoms with Crippen LogP contribution in [-0.2, 0) is 13.1 Å². The van der Waals surface area contributed by atoms with Crippen molar-refractivity contribution in [1.29, 1.82) is 0 Å². The molecule has 5 nitrogen and oxygen atoms in total. The number of aliphatic hydroxyl groups is 1. The van der Waals surface area contributed by atoms with E-state index in [1.165, 1.54) is 5.56 Å². The highest BCUT2D eigenvalue weighted by Gasteiger charge is 2.03. The molecule has 0 fully saturated rings. The second-order valence-electron chi connectivity index (χ2n) is 5.40. The molecule has 0 aliphatic carbocycles. The summed E-state index contributed by atoms with van der Waals surface area (Å²) in [5.41, 5.74) is 3.32. The van der Waals surface area contributed by atoms with Crippen LogP contribution in [0.3, 0.4) is 0 Å². The molecule has 0 aliphatic heterocycles. The predicted octanol–water partition coefficient (Wildman–Crippen LogP) is 2.53. The smallest absolute Gasteiger partial charge is 0.123 e. The van der Waals surface area contributed by atoms with Gasteiger partial charge in [-0.15, -0.1) is 0 Å². The third-order valence-electron chi connectivity index (χ3n) is 3.65. The molecule has 0 amide bonds. The maximum absolute atomic E-state index is 8.90. The summed E-state index contributed by atoms with van der Waals surface area (Å²) in [6, 6.07) is 18.1. The predicted molar refractivity (Wildman–Crippen MR) is 93.1 cm³/mol. The molecule has 2 aromatic carbocycles. The Hall–Kier alpha value is -2.63. The summed E-state index contributed by atoms with van der Waals surface area (Å²) in [6.45, 7) is 1.78. The van der Waals surface area contributed by atoms with Gasteiger partial charge < -0.3 is 15.2 Å². The van der Waals surface area contributed by atoms with Crippen LogP contribution in [-0.4, -0.2) is 28.1 Å². The average Bonchev–Trinajstić information content (AvgIpc) is 3.16. The first-order chi connectivity index (χ1) is 11.9. The minimum absolute atomic E-state index is 0.0159. The fourth-order valence-corrected chi connectivity index (χ4v) is 2.52. The van der Waals surface area contributed by atoms with Gasteiger partial charge in [0.2, 0.25) is 0 Å². The number of aliphatic hydroxyl groups excluding tert-OH is 1. The molecule has 0 spiro atoms. The SMILES string of the molecule is OCCOc1ccccc1CNCc1cccc(-n2cccn2)c1. The van der Waals surface area contributed by atoms with Crippen LogP contribution in [0.5, 0.6) is 5.75 Å². The Kier molecular flexibility index (Phi) is 5.61. The van der Waals surface area contributed by atoms with Crippen LogP contribution in [0.15, 0.2) is 67.0 Å². The molecule has 1 heterocycles. The van der Waals surface area contributed by atoms with E-state index in [4.69, 9.17) is 9.84 Å². The van der Waals surface area contributed by atoms with Crippen LogP contribution in [0.4, 0.5) is 0 Å². The van der Waals surface area contributed by atoms with Gasteiger partial charge in [0.05, 0.1) is 12.3 Å². The molecule has 0 radical (unpaired) electrons. The topological polar surface area (TPSA) is 59.3 Å². The Morgan fingerprint density at radius 2 is 1.96 bits per heavy atom. The van der Waals surface area contributed by atoms with E-state index in [0.717, 1.165) is 23.5 Å². The molecule has 5 heteroatoms. The summed E-state index contributed by atoms with van der Waals surface area (Å²) in [7, 11) is 0. The lowest BCUT2D eigenvalue weighted by atomic mass is 10.1. The molecule has 124 valence electrons. The van der Waals surface area contributed by atoms with Crippen LogP contribution >= 0.6 is 0 Å². The minimum Gasteiger partial charge on any atom is -0.491 e. The molecule has 0 aliphatic rings. The molecular formula is C19H21N3O2. The third kappa shape index (κ3) is 4.22. The van der Waals surface area contributed by atoms with E-state index in [1.54, 1.807) is 6.20 Å². The molecule has 0 unspecified atom stereocenters. The second-order valence-corrected chi connectivity index (χ2v) is 5.40. The molecule has 0 bridgehead atoms.